The van der Waals surface area contributed by atoms with Gasteiger partial charge in [0.25, 0.3) is 0 Å². The molecule has 2 amide bonds. The van der Waals surface area contributed by atoms with Crippen LogP contribution in [0, 0.1) is 13.8 Å². The maximum absolute atomic E-state index is 12.7. The number of amides is 2. The summed E-state index contributed by atoms with van der Waals surface area (Å²) in [6.45, 7) is 10.4. The van der Waals surface area contributed by atoms with Crippen molar-refractivity contribution in [3.05, 3.63) is 11.4 Å². The van der Waals surface area contributed by atoms with Gasteiger partial charge in [0.05, 0.1) is 11.4 Å². The lowest BCUT2D eigenvalue weighted by atomic mass is 10.1. The summed E-state index contributed by atoms with van der Waals surface area (Å²) in [5.41, 5.74) is 0.691. The van der Waals surface area contributed by atoms with E-state index in [0.29, 0.717) is 24.5 Å². The largest absolute Gasteiger partial charge is 0.333 e. The molecule has 2 N–H and O–H groups in total. The summed E-state index contributed by atoms with van der Waals surface area (Å²) < 4.78 is 26.9. The number of H-pyrrole nitrogens is 1. The van der Waals surface area contributed by atoms with Crippen molar-refractivity contribution in [2.45, 2.75) is 45.1 Å². The second kappa shape index (κ2) is 6.12. The normalized spacial score (nSPS) is 17.3. The Balaban J connectivity index is 2.06. The van der Waals surface area contributed by atoms with Gasteiger partial charge in [-0.15, -0.1) is 0 Å². The summed E-state index contributed by atoms with van der Waals surface area (Å²) >= 11 is 0. The first-order valence-electron chi connectivity index (χ1n) is 7.61. The molecule has 0 radical (unpaired) electrons. The van der Waals surface area contributed by atoms with Gasteiger partial charge in [-0.3, -0.25) is 5.10 Å². The monoisotopic (exact) mass is 343 g/mol. The van der Waals surface area contributed by atoms with Gasteiger partial charge in [0.15, 0.2) is 0 Å². The summed E-state index contributed by atoms with van der Waals surface area (Å²) in [6, 6.07) is -0.162. The molecule has 1 aliphatic heterocycles. The molecule has 0 aromatic carbocycles. The molecule has 1 aromatic rings. The zero-order valence-corrected chi connectivity index (χ0v) is 15.1. The van der Waals surface area contributed by atoms with E-state index in [4.69, 9.17) is 0 Å². The van der Waals surface area contributed by atoms with Gasteiger partial charge in [0, 0.05) is 31.7 Å². The average molecular weight is 343 g/mol. The third kappa shape index (κ3) is 3.84. The van der Waals surface area contributed by atoms with Crippen molar-refractivity contribution in [1.82, 2.24) is 24.7 Å². The zero-order chi connectivity index (χ0) is 17.4. The maximum Gasteiger partial charge on any atom is 0.317 e. The Hall–Kier alpha value is -1.61. The first kappa shape index (κ1) is 17.7. The van der Waals surface area contributed by atoms with Crippen LogP contribution in [0.25, 0.3) is 0 Å². The summed E-state index contributed by atoms with van der Waals surface area (Å²) in [5.74, 6) is 0. The van der Waals surface area contributed by atoms with E-state index in [9.17, 15) is 13.2 Å². The summed E-state index contributed by atoms with van der Waals surface area (Å²) in [4.78, 5) is 14.0. The van der Waals surface area contributed by atoms with E-state index in [1.807, 2.05) is 20.8 Å². The number of nitrogens with one attached hydrogen (secondary N) is 2. The molecule has 0 atom stereocenters. The smallest absolute Gasteiger partial charge is 0.317 e. The van der Waals surface area contributed by atoms with Crippen molar-refractivity contribution in [3.8, 4) is 0 Å². The number of nitrogens with zero attached hydrogens (tertiary/aromatic N) is 3. The Morgan fingerprint density at radius 2 is 1.74 bits per heavy atom. The van der Waals surface area contributed by atoms with Gasteiger partial charge >= 0.3 is 6.03 Å². The van der Waals surface area contributed by atoms with Crippen LogP contribution >= 0.6 is 0 Å². The van der Waals surface area contributed by atoms with Crippen LogP contribution < -0.4 is 5.32 Å². The predicted octanol–water partition coefficient (Wildman–Crippen LogP) is 0.841. The number of carbonyl (C=O) groups is 1. The fourth-order valence-corrected chi connectivity index (χ4v) is 4.33. The molecule has 0 unspecified atom stereocenters. The topological polar surface area (TPSA) is 98.4 Å². The molecular weight excluding hydrogens is 318 g/mol. The van der Waals surface area contributed by atoms with E-state index in [2.05, 4.69) is 15.5 Å². The van der Waals surface area contributed by atoms with E-state index in [1.54, 1.807) is 18.7 Å². The van der Waals surface area contributed by atoms with E-state index < -0.39 is 10.0 Å². The first-order valence-corrected chi connectivity index (χ1v) is 9.05. The fourth-order valence-electron chi connectivity index (χ4n) is 2.58. The summed E-state index contributed by atoms with van der Waals surface area (Å²) in [5, 5.41) is 9.55. The van der Waals surface area contributed by atoms with Crippen LogP contribution in [-0.4, -0.2) is 65.6 Å². The molecule has 0 spiro atoms. The predicted molar refractivity (Wildman–Crippen MR) is 86.7 cm³/mol. The maximum atomic E-state index is 12.7. The van der Waals surface area contributed by atoms with Crippen molar-refractivity contribution in [1.29, 1.82) is 0 Å². The third-order valence-electron chi connectivity index (χ3n) is 3.67. The summed E-state index contributed by atoms with van der Waals surface area (Å²) in [6.07, 6.45) is 0. The number of hydrogen-bond acceptors (Lipinski definition) is 4. The van der Waals surface area contributed by atoms with Crippen LogP contribution in [-0.2, 0) is 10.0 Å². The lowest BCUT2D eigenvalue weighted by Gasteiger charge is -2.35. The number of aromatic amines is 1. The van der Waals surface area contributed by atoms with Gasteiger partial charge in [-0.1, -0.05) is 0 Å². The number of piperazine rings is 1. The molecule has 1 aromatic heterocycles. The highest BCUT2D eigenvalue weighted by Crippen LogP contribution is 2.22. The Morgan fingerprint density at radius 3 is 2.17 bits per heavy atom. The summed E-state index contributed by atoms with van der Waals surface area (Å²) in [7, 11) is -3.58. The molecule has 1 aliphatic rings. The molecule has 2 rings (SSSR count). The number of aromatic nitrogens is 2. The van der Waals surface area contributed by atoms with Crippen molar-refractivity contribution in [2.24, 2.45) is 0 Å². The quantitative estimate of drug-likeness (QED) is 0.831. The van der Waals surface area contributed by atoms with Crippen LogP contribution in [0.15, 0.2) is 4.90 Å². The highest BCUT2D eigenvalue weighted by atomic mass is 32.2. The number of hydrogen-bond donors (Lipinski definition) is 2. The Labute approximate surface area is 137 Å². The highest BCUT2D eigenvalue weighted by Gasteiger charge is 2.33. The molecule has 23 heavy (non-hydrogen) atoms. The third-order valence-corrected chi connectivity index (χ3v) is 5.83. The van der Waals surface area contributed by atoms with Gasteiger partial charge in [-0.25, -0.2) is 13.2 Å². The van der Waals surface area contributed by atoms with Crippen molar-refractivity contribution < 1.29 is 13.2 Å². The molecule has 2 heterocycles. The molecule has 0 aliphatic carbocycles. The lowest BCUT2D eigenvalue weighted by Crippen LogP contribution is -2.55. The molecule has 8 nitrogen and oxygen atoms in total. The van der Waals surface area contributed by atoms with Crippen molar-refractivity contribution >= 4 is 16.1 Å². The Kier molecular flexibility index (Phi) is 4.72. The van der Waals surface area contributed by atoms with Crippen LogP contribution in [0.4, 0.5) is 4.79 Å². The van der Waals surface area contributed by atoms with Crippen molar-refractivity contribution in [3.63, 3.8) is 0 Å². The molecule has 130 valence electrons. The average Bonchev–Trinajstić information content (AvgIpc) is 2.77. The Morgan fingerprint density at radius 1 is 1.17 bits per heavy atom. The van der Waals surface area contributed by atoms with E-state index >= 15 is 0 Å². The van der Waals surface area contributed by atoms with Gasteiger partial charge < -0.3 is 10.2 Å². The molecular formula is C14H25N5O3S. The standard InChI is InChI=1S/C14H25N5O3S/c1-10-12(11(2)17-16-10)23(21,22)19-8-6-18(7-9-19)13(20)15-14(3,4)5/h6-9H2,1-5H3,(H,15,20)(H,16,17). The molecule has 1 saturated heterocycles. The zero-order valence-electron chi connectivity index (χ0n) is 14.3. The van der Waals surface area contributed by atoms with Crippen molar-refractivity contribution in [2.75, 3.05) is 26.2 Å². The number of carbonyl (C=O) groups excluding carboxylic acids is 1. The molecule has 9 heteroatoms. The highest BCUT2D eigenvalue weighted by molar-refractivity contribution is 7.89. The van der Waals surface area contributed by atoms with E-state index in [1.165, 1.54) is 4.31 Å². The molecule has 1 fully saturated rings. The Bertz CT molecular complexity index is 662. The second-order valence-corrected chi connectivity index (χ2v) is 8.71. The van der Waals surface area contributed by atoms with Gasteiger partial charge in [-0.05, 0) is 34.6 Å². The van der Waals surface area contributed by atoms with Crippen LogP contribution in [0.2, 0.25) is 0 Å². The van der Waals surface area contributed by atoms with Crippen LogP contribution in [0.5, 0.6) is 0 Å². The lowest BCUT2D eigenvalue weighted by molar-refractivity contribution is 0.165. The van der Waals surface area contributed by atoms with Crippen LogP contribution in [0.1, 0.15) is 32.2 Å². The van der Waals surface area contributed by atoms with Gasteiger partial charge in [-0.2, -0.15) is 9.40 Å². The number of urea groups is 1. The SMILES string of the molecule is Cc1n[nH]c(C)c1S(=O)(=O)N1CCN(C(=O)NC(C)(C)C)CC1. The van der Waals surface area contributed by atoms with E-state index in [0.717, 1.165) is 0 Å². The van der Waals surface area contributed by atoms with Gasteiger partial charge in [0.1, 0.15) is 4.90 Å². The first-order chi connectivity index (χ1) is 10.5. The number of aryl methyl sites for hydroxylation is 2. The van der Waals surface area contributed by atoms with Gasteiger partial charge in [0.2, 0.25) is 10.0 Å². The molecule has 0 saturated carbocycles. The minimum atomic E-state index is -3.58. The number of rotatable bonds is 2. The second-order valence-electron chi connectivity index (χ2n) is 6.83. The minimum absolute atomic E-state index is 0.162. The molecule has 0 bridgehead atoms. The minimum Gasteiger partial charge on any atom is -0.333 e. The van der Waals surface area contributed by atoms with E-state index in [-0.39, 0.29) is 29.6 Å². The fraction of sp³-hybridized carbons (Fsp3) is 0.714. The van der Waals surface area contributed by atoms with Crippen LogP contribution in [0.3, 0.4) is 0 Å². The number of sulfonamides is 1.